The molecular formula is C24H24N4O2. The van der Waals surface area contributed by atoms with Crippen molar-refractivity contribution in [2.75, 3.05) is 16.8 Å². The molecule has 0 spiro atoms. The van der Waals surface area contributed by atoms with Gasteiger partial charge in [0.2, 0.25) is 11.8 Å². The molecule has 0 bridgehead atoms. The third kappa shape index (κ3) is 3.61. The van der Waals surface area contributed by atoms with E-state index in [9.17, 15) is 9.59 Å². The molecule has 1 aromatic heterocycles. The van der Waals surface area contributed by atoms with Crippen LogP contribution in [-0.2, 0) is 29.0 Å². The van der Waals surface area contributed by atoms with Gasteiger partial charge in [-0.2, -0.15) is 0 Å². The monoisotopic (exact) mass is 400 g/mol. The van der Waals surface area contributed by atoms with Gasteiger partial charge in [0.15, 0.2) is 0 Å². The predicted molar refractivity (Wildman–Crippen MR) is 116 cm³/mol. The van der Waals surface area contributed by atoms with Crippen molar-refractivity contribution in [3.63, 3.8) is 0 Å². The summed E-state index contributed by atoms with van der Waals surface area (Å²) in [6.07, 6.45) is 6.65. The Morgan fingerprint density at radius 1 is 1.03 bits per heavy atom. The molecule has 0 radical (unpaired) electrons. The first-order valence-electron chi connectivity index (χ1n) is 10.5. The highest BCUT2D eigenvalue weighted by Gasteiger charge is 2.25. The molecule has 30 heavy (non-hydrogen) atoms. The Bertz CT molecular complexity index is 1090. The summed E-state index contributed by atoms with van der Waals surface area (Å²) in [5, 5.41) is 2.95. The fraction of sp³-hybridized carbons (Fsp3) is 0.292. The molecule has 3 heterocycles. The summed E-state index contributed by atoms with van der Waals surface area (Å²) in [7, 11) is 0. The lowest BCUT2D eigenvalue weighted by Gasteiger charge is -2.28. The van der Waals surface area contributed by atoms with Gasteiger partial charge in [0.25, 0.3) is 0 Å². The lowest BCUT2D eigenvalue weighted by Crippen LogP contribution is -2.40. The van der Waals surface area contributed by atoms with E-state index in [2.05, 4.69) is 16.1 Å². The third-order valence-corrected chi connectivity index (χ3v) is 5.84. The summed E-state index contributed by atoms with van der Waals surface area (Å²) in [6.45, 7) is 1.03. The van der Waals surface area contributed by atoms with Gasteiger partial charge in [0.1, 0.15) is 12.4 Å². The van der Waals surface area contributed by atoms with Crippen molar-refractivity contribution in [1.82, 2.24) is 9.55 Å². The van der Waals surface area contributed by atoms with Crippen LogP contribution in [0.3, 0.4) is 0 Å². The number of aromatic nitrogens is 2. The first-order chi connectivity index (χ1) is 14.7. The van der Waals surface area contributed by atoms with E-state index < -0.39 is 0 Å². The molecule has 0 fully saturated rings. The minimum absolute atomic E-state index is 0.0127. The number of anilines is 2. The summed E-state index contributed by atoms with van der Waals surface area (Å²) in [5.41, 5.74) is 4.57. The number of imidazole rings is 1. The van der Waals surface area contributed by atoms with Gasteiger partial charge in [-0.3, -0.25) is 9.59 Å². The zero-order valence-electron chi connectivity index (χ0n) is 16.8. The number of benzene rings is 2. The summed E-state index contributed by atoms with van der Waals surface area (Å²) in [6, 6.07) is 15.5. The Balaban J connectivity index is 1.32. The van der Waals surface area contributed by atoms with Crippen LogP contribution >= 0.6 is 0 Å². The lowest BCUT2D eigenvalue weighted by molar-refractivity contribution is -0.121. The molecular weight excluding hydrogens is 376 g/mol. The lowest BCUT2D eigenvalue weighted by atomic mass is 10.0. The Morgan fingerprint density at radius 2 is 1.93 bits per heavy atom. The number of hydrogen-bond acceptors (Lipinski definition) is 3. The van der Waals surface area contributed by atoms with Crippen LogP contribution in [0, 0.1) is 0 Å². The molecule has 0 aliphatic carbocycles. The van der Waals surface area contributed by atoms with Gasteiger partial charge in [0.05, 0.1) is 5.69 Å². The van der Waals surface area contributed by atoms with Crippen LogP contribution < -0.4 is 10.2 Å². The summed E-state index contributed by atoms with van der Waals surface area (Å²) in [5.74, 6) is 0.912. The number of hydrogen-bond donors (Lipinski definition) is 1. The number of nitrogens with zero attached hydrogens (tertiary/aromatic N) is 3. The van der Waals surface area contributed by atoms with Crippen LogP contribution in [0.1, 0.15) is 30.7 Å². The largest absolute Gasteiger partial charge is 0.334 e. The molecule has 2 aliphatic rings. The van der Waals surface area contributed by atoms with Crippen molar-refractivity contribution in [1.29, 1.82) is 0 Å². The average molecular weight is 400 g/mol. The maximum Gasteiger partial charge on any atom is 0.244 e. The SMILES string of the molecule is O=C(CN1C(=O)CCc2ccccc21)Nc1cccc(-c2cn3c(n2)CCCC3)c1. The van der Waals surface area contributed by atoms with E-state index in [1.807, 2.05) is 48.5 Å². The number of para-hydroxylation sites is 1. The summed E-state index contributed by atoms with van der Waals surface area (Å²) >= 11 is 0. The second-order valence-electron chi connectivity index (χ2n) is 7.93. The molecule has 2 aromatic carbocycles. The van der Waals surface area contributed by atoms with Gasteiger partial charge in [-0.05, 0) is 43.0 Å². The zero-order chi connectivity index (χ0) is 20.5. The molecule has 5 rings (SSSR count). The summed E-state index contributed by atoms with van der Waals surface area (Å²) < 4.78 is 2.23. The van der Waals surface area contributed by atoms with Crippen molar-refractivity contribution in [3.8, 4) is 11.3 Å². The molecule has 152 valence electrons. The Kier molecular flexibility index (Phi) is 4.83. The zero-order valence-corrected chi connectivity index (χ0v) is 16.8. The van der Waals surface area contributed by atoms with Crippen LogP contribution in [0.25, 0.3) is 11.3 Å². The van der Waals surface area contributed by atoms with Crippen LogP contribution in [0.2, 0.25) is 0 Å². The maximum atomic E-state index is 12.7. The first-order valence-corrected chi connectivity index (χ1v) is 10.5. The van der Waals surface area contributed by atoms with Gasteiger partial charge in [-0.15, -0.1) is 0 Å². The molecule has 2 amide bonds. The van der Waals surface area contributed by atoms with Gasteiger partial charge < -0.3 is 14.8 Å². The highest BCUT2D eigenvalue weighted by Crippen LogP contribution is 2.28. The average Bonchev–Trinajstić information content (AvgIpc) is 3.20. The number of aryl methyl sites for hydroxylation is 3. The Labute approximate surface area is 175 Å². The molecule has 0 saturated carbocycles. The van der Waals surface area contributed by atoms with Crippen LogP contribution in [0.4, 0.5) is 11.4 Å². The van der Waals surface area contributed by atoms with Crippen molar-refractivity contribution >= 4 is 23.2 Å². The number of nitrogens with one attached hydrogen (secondary N) is 1. The highest BCUT2D eigenvalue weighted by molar-refractivity contribution is 6.04. The molecule has 6 heteroatoms. The van der Waals surface area contributed by atoms with E-state index in [1.165, 1.54) is 12.8 Å². The van der Waals surface area contributed by atoms with E-state index in [0.717, 1.165) is 47.7 Å². The minimum atomic E-state index is -0.207. The third-order valence-electron chi connectivity index (χ3n) is 5.84. The standard InChI is InChI=1S/C24H24N4O2/c29-23(16-28-21-9-2-1-6-17(21)11-12-24(28)30)25-19-8-5-7-18(14-19)20-15-27-13-4-3-10-22(27)26-20/h1-2,5-9,14-15H,3-4,10-13,16H2,(H,25,29). The number of rotatable bonds is 4. The molecule has 0 atom stereocenters. The Hall–Kier alpha value is -3.41. The molecule has 0 saturated heterocycles. The second-order valence-corrected chi connectivity index (χ2v) is 7.93. The number of amides is 2. The second kappa shape index (κ2) is 7.78. The molecule has 6 nitrogen and oxygen atoms in total. The molecule has 0 unspecified atom stereocenters. The first kappa shape index (κ1) is 18.6. The van der Waals surface area contributed by atoms with E-state index in [0.29, 0.717) is 12.1 Å². The Morgan fingerprint density at radius 3 is 2.83 bits per heavy atom. The summed E-state index contributed by atoms with van der Waals surface area (Å²) in [4.78, 5) is 31.5. The van der Waals surface area contributed by atoms with Crippen molar-refractivity contribution in [2.45, 2.75) is 38.6 Å². The van der Waals surface area contributed by atoms with E-state index in [1.54, 1.807) is 4.90 Å². The van der Waals surface area contributed by atoms with E-state index in [4.69, 9.17) is 4.98 Å². The normalized spacial score (nSPS) is 15.5. The molecule has 3 aromatic rings. The van der Waals surface area contributed by atoms with E-state index in [-0.39, 0.29) is 18.4 Å². The van der Waals surface area contributed by atoms with Gasteiger partial charge in [-0.1, -0.05) is 30.3 Å². The number of fused-ring (bicyclic) bond motifs is 2. The molecule has 2 aliphatic heterocycles. The fourth-order valence-corrected chi connectivity index (χ4v) is 4.32. The van der Waals surface area contributed by atoms with Crippen molar-refractivity contribution < 1.29 is 9.59 Å². The van der Waals surface area contributed by atoms with Gasteiger partial charge >= 0.3 is 0 Å². The van der Waals surface area contributed by atoms with Crippen molar-refractivity contribution in [2.24, 2.45) is 0 Å². The molecule has 1 N–H and O–H groups in total. The quantitative estimate of drug-likeness (QED) is 0.724. The van der Waals surface area contributed by atoms with Crippen LogP contribution in [-0.4, -0.2) is 27.9 Å². The highest BCUT2D eigenvalue weighted by atomic mass is 16.2. The number of carbonyl (C=O) groups is 2. The smallest absolute Gasteiger partial charge is 0.244 e. The van der Waals surface area contributed by atoms with E-state index >= 15 is 0 Å². The fourth-order valence-electron chi connectivity index (χ4n) is 4.32. The van der Waals surface area contributed by atoms with Gasteiger partial charge in [-0.25, -0.2) is 4.98 Å². The van der Waals surface area contributed by atoms with Crippen LogP contribution in [0.5, 0.6) is 0 Å². The predicted octanol–water partition coefficient (Wildman–Crippen LogP) is 3.80. The van der Waals surface area contributed by atoms with Crippen LogP contribution in [0.15, 0.2) is 54.7 Å². The van der Waals surface area contributed by atoms with Crippen molar-refractivity contribution in [3.05, 3.63) is 66.1 Å². The van der Waals surface area contributed by atoms with Gasteiger partial charge in [0, 0.05) is 42.5 Å². The minimum Gasteiger partial charge on any atom is -0.334 e. The topological polar surface area (TPSA) is 67.2 Å². The number of carbonyl (C=O) groups excluding carboxylic acids is 2. The maximum absolute atomic E-state index is 12.7.